The van der Waals surface area contributed by atoms with Crippen LogP contribution < -0.4 is 0 Å². The fourth-order valence-electron chi connectivity index (χ4n) is 0.904. The summed E-state index contributed by atoms with van der Waals surface area (Å²) in [5.41, 5.74) is 0. The van der Waals surface area contributed by atoms with Gasteiger partial charge >= 0.3 is 0 Å². The van der Waals surface area contributed by atoms with Crippen LogP contribution in [-0.2, 0) is 0 Å². The molecular weight excluding hydrogens is 132 g/mol. The van der Waals surface area contributed by atoms with E-state index in [0.717, 1.165) is 19.3 Å². The summed E-state index contributed by atoms with van der Waals surface area (Å²) in [5.74, 6) is 0. The van der Waals surface area contributed by atoms with Crippen LogP contribution in [0.1, 0.15) is 33.1 Å². The summed E-state index contributed by atoms with van der Waals surface area (Å²) < 4.78 is 0.0451. The highest BCUT2D eigenvalue weighted by molar-refractivity contribution is 7.81. The monoisotopic (exact) mass is 148 g/mol. The van der Waals surface area contributed by atoms with Crippen molar-refractivity contribution in [2.24, 2.45) is 0 Å². The van der Waals surface area contributed by atoms with Gasteiger partial charge in [0.2, 0.25) is 0 Å². The van der Waals surface area contributed by atoms with E-state index in [1.54, 1.807) is 0 Å². The van der Waals surface area contributed by atoms with E-state index in [-0.39, 0.29) is 11.4 Å². The molecule has 0 saturated heterocycles. The van der Waals surface area contributed by atoms with Gasteiger partial charge in [-0.1, -0.05) is 20.3 Å². The van der Waals surface area contributed by atoms with Crippen LogP contribution in [0, 0.1) is 0 Å². The molecule has 0 aliphatic carbocycles. The third kappa shape index (κ3) is 4.79. The molecule has 0 aromatic carbocycles. The van der Waals surface area contributed by atoms with Crippen molar-refractivity contribution in [2.45, 2.75) is 37.9 Å². The first-order chi connectivity index (χ1) is 4.12. The predicted octanol–water partition coefficient (Wildman–Crippen LogP) is 1.86. The summed E-state index contributed by atoms with van der Waals surface area (Å²) in [7, 11) is 0. The normalized spacial score (nSPS) is 17.3. The van der Waals surface area contributed by atoms with Crippen molar-refractivity contribution < 1.29 is 5.11 Å². The highest BCUT2D eigenvalue weighted by Crippen LogP contribution is 2.23. The summed E-state index contributed by atoms with van der Waals surface area (Å²) in [6.07, 6.45) is 3.01. The number of aliphatic hydroxyl groups is 1. The van der Waals surface area contributed by atoms with Gasteiger partial charge in [0, 0.05) is 11.4 Å². The van der Waals surface area contributed by atoms with Gasteiger partial charge in [-0.05, 0) is 12.8 Å². The Morgan fingerprint density at radius 3 is 2.33 bits per heavy atom. The molecule has 0 rings (SSSR count). The van der Waals surface area contributed by atoms with Gasteiger partial charge < -0.3 is 5.11 Å². The molecule has 0 bridgehead atoms. The van der Waals surface area contributed by atoms with Crippen molar-refractivity contribution in [2.75, 3.05) is 6.61 Å². The summed E-state index contributed by atoms with van der Waals surface area (Å²) in [6.45, 7) is 4.45. The molecule has 9 heavy (non-hydrogen) atoms. The molecule has 56 valence electrons. The molecule has 0 radical (unpaired) electrons. The van der Waals surface area contributed by atoms with Gasteiger partial charge in [-0.3, -0.25) is 0 Å². The Morgan fingerprint density at radius 2 is 2.00 bits per heavy atom. The lowest BCUT2D eigenvalue weighted by molar-refractivity contribution is 0.268. The second-order valence-corrected chi connectivity index (χ2v) is 3.80. The second-order valence-electron chi connectivity index (χ2n) is 2.72. The number of rotatable bonds is 4. The molecule has 1 N–H and O–H groups in total. The lowest BCUT2D eigenvalue weighted by atomic mass is 10.0. The van der Waals surface area contributed by atoms with E-state index >= 15 is 0 Å². The number of aliphatic hydroxyl groups excluding tert-OH is 1. The molecule has 0 aromatic rings. The summed E-state index contributed by atoms with van der Waals surface area (Å²) in [6, 6.07) is 0. The summed E-state index contributed by atoms with van der Waals surface area (Å²) in [5, 5.41) is 8.58. The fraction of sp³-hybridized carbons (Fsp3) is 1.00. The Morgan fingerprint density at radius 1 is 1.44 bits per heavy atom. The predicted molar refractivity (Wildman–Crippen MR) is 44.0 cm³/mol. The van der Waals surface area contributed by atoms with Gasteiger partial charge in [-0.15, -0.1) is 0 Å². The van der Waals surface area contributed by atoms with E-state index in [9.17, 15) is 0 Å². The van der Waals surface area contributed by atoms with Gasteiger partial charge in [-0.2, -0.15) is 12.6 Å². The van der Waals surface area contributed by atoms with Crippen LogP contribution in [0.25, 0.3) is 0 Å². The van der Waals surface area contributed by atoms with Crippen LogP contribution in [-0.4, -0.2) is 16.5 Å². The van der Waals surface area contributed by atoms with Crippen LogP contribution in [0.5, 0.6) is 0 Å². The average molecular weight is 148 g/mol. The molecule has 0 aliphatic rings. The molecule has 0 fully saturated rings. The van der Waals surface area contributed by atoms with Crippen molar-refractivity contribution in [1.29, 1.82) is 0 Å². The van der Waals surface area contributed by atoms with Crippen molar-refractivity contribution >= 4 is 12.6 Å². The quantitative estimate of drug-likeness (QED) is 0.583. The topological polar surface area (TPSA) is 20.2 Å². The molecule has 0 heterocycles. The van der Waals surface area contributed by atoms with Gasteiger partial charge in [0.25, 0.3) is 0 Å². The number of hydrogen-bond donors (Lipinski definition) is 2. The Labute approximate surface area is 62.9 Å². The first-order valence-corrected chi connectivity index (χ1v) is 3.90. The van der Waals surface area contributed by atoms with Crippen LogP contribution >= 0.6 is 12.6 Å². The van der Waals surface area contributed by atoms with Crippen molar-refractivity contribution in [3.8, 4) is 0 Å². The molecule has 2 heteroatoms. The first-order valence-electron chi connectivity index (χ1n) is 3.45. The minimum absolute atomic E-state index is 0.0451. The lowest BCUT2D eigenvalue weighted by Gasteiger charge is -2.20. The largest absolute Gasteiger partial charge is 0.396 e. The van der Waals surface area contributed by atoms with Gasteiger partial charge in [0.1, 0.15) is 0 Å². The van der Waals surface area contributed by atoms with E-state index in [1.807, 2.05) is 0 Å². The first kappa shape index (κ1) is 9.31. The minimum atomic E-state index is 0.0451. The Bertz CT molecular complexity index is 63.3. The molecule has 0 unspecified atom stereocenters. The lowest BCUT2D eigenvalue weighted by Crippen LogP contribution is -2.17. The third-order valence-corrected chi connectivity index (χ3v) is 1.89. The SMILES string of the molecule is CCC[C@@](C)(S)CCO. The maximum absolute atomic E-state index is 8.58. The highest BCUT2D eigenvalue weighted by Gasteiger charge is 2.15. The van der Waals surface area contributed by atoms with E-state index in [4.69, 9.17) is 5.11 Å². The number of thiol groups is 1. The molecule has 0 amide bonds. The van der Waals surface area contributed by atoms with Crippen LogP contribution in [0.4, 0.5) is 0 Å². The highest BCUT2D eigenvalue weighted by atomic mass is 32.1. The maximum atomic E-state index is 8.58. The zero-order valence-electron chi connectivity index (χ0n) is 6.22. The van der Waals surface area contributed by atoms with E-state index in [0.29, 0.717) is 0 Å². The smallest absolute Gasteiger partial charge is 0.0444 e. The second kappa shape index (κ2) is 4.18. The molecule has 0 saturated carbocycles. The van der Waals surface area contributed by atoms with Crippen LogP contribution in [0.3, 0.4) is 0 Å². The Balaban J connectivity index is 3.43. The van der Waals surface area contributed by atoms with E-state index < -0.39 is 0 Å². The van der Waals surface area contributed by atoms with Crippen molar-refractivity contribution in [1.82, 2.24) is 0 Å². The zero-order valence-corrected chi connectivity index (χ0v) is 7.12. The standard InChI is InChI=1S/C7H16OS/c1-3-4-7(2,9)5-6-8/h8-9H,3-6H2,1-2H3/t7-/m1/s1. The molecule has 0 aromatic heterocycles. The average Bonchev–Trinajstić information content (AvgIpc) is 1.64. The zero-order chi connectivity index (χ0) is 7.33. The van der Waals surface area contributed by atoms with E-state index in [2.05, 4.69) is 26.5 Å². The minimum Gasteiger partial charge on any atom is -0.396 e. The summed E-state index contributed by atoms with van der Waals surface area (Å²) in [4.78, 5) is 0. The Hall–Kier alpha value is 0.310. The molecule has 1 nitrogen and oxygen atoms in total. The summed E-state index contributed by atoms with van der Waals surface area (Å²) >= 11 is 4.39. The van der Waals surface area contributed by atoms with Gasteiger partial charge in [0.05, 0.1) is 0 Å². The molecular formula is C7H16OS. The molecule has 1 atom stereocenters. The molecule has 0 spiro atoms. The Kier molecular flexibility index (Phi) is 4.32. The fourth-order valence-corrected chi connectivity index (χ4v) is 1.23. The third-order valence-electron chi connectivity index (χ3n) is 1.44. The van der Waals surface area contributed by atoms with Crippen LogP contribution in [0.15, 0.2) is 0 Å². The van der Waals surface area contributed by atoms with Crippen molar-refractivity contribution in [3.63, 3.8) is 0 Å². The van der Waals surface area contributed by atoms with E-state index in [1.165, 1.54) is 0 Å². The van der Waals surface area contributed by atoms with Crippen LogP contribution in [0.2, 0.25) is 0 Å². The number of hydrogen-bond acceptors (Lipinski definition) is 2. The maximum Gasteiger partial charge on any atom is 0.0444 e. The molecule has 0 aliphatic heterocycles. The van der Waals surface area contributed by atoms with Crippen molar-refractivity contribution in [3.05, 3.63) is 0 Å². The van der Waals surface area contributed by atoms with Gasteiger partial charge in [-0.25, -0.2) is 0 Å². The van der Waals surface area contributed by atoms with Gasteiger partial charge in [0.15, 0.2) is 0 Å².